The first-order valence-corrected chi connectivity index (χ1v) is 12.0. The Morgan fingerprint density at radius 1 is 1.03 bits per heavy atom. The molecule has 180 valence electrons. The van der Waals surface area contributed by atoms with Gasteiger partial charge in [-0.25, -0.2) is 4.98 Å². The van der Waals surface area contributed by atoms with Gasteiger partial charge in [0.05, 0.1) is 41.0 Å². The molecule has 0 unspecified atom stereocenters. The minimum atomic E-state index is -0.234. The summed E-state index contributed by atoms with van der Waals surface area (Å²) in [5.74, 6) is 1.37. The minimum absolute atomic E-state index is 0.234. The summed E-state index contributed by atoms with van der Waals surface area (Å²) in [5.41, 5.74) is 4.30. The highest BCUT2D eigenvalue weighted by molar-refractivity contribution is 6.33. The van der Waals surface area contributed by atoms with Crippen molar-refractivity contribution in [3.8, 4) is 5.75 Å². The maximum atomic E-state index is 12.7. The number of carbonyl (C=O) groups is 1. The van der Waals surface area contributed by atoms with E-state index >= 15 is 0 Å². The fourth-order valence-corrected chi connectivity index (χ4v) is 4.86. The first-order chi connectivity index (χ1) is 17.0. The van der Waals surface area contributed by atoms with Crippen molar-refractivity contribution in [3.05, 3.63) is 83.1 Å². The van der Waals surface area contributed by atoms with Crippen LogP contribution in [0.5, 0.6) is 5.75 Å². The summed E-state index contributed by atoms with van der Waals surface area (Å²) in [6, 6.07) is 21.0. The molecule has 1 amide bonds. The van der Waals surface area contributed by atoms with E-state index in [0.29, 0.717) is 22.0 Å². The summed E-state index contributed by atoms with van der Waals surface area (Å²) >= 11 is 6.64. The van der Waals surface area contributed by atoms with E-state index in [1.807, 2.05) is 36.4 Å². The summed E-state index contributed by atoms with van der Waals surface area (Å²) in [6.07, 6.45) is 0. The van der Waals surface area contributed by atoms with Crippen molar-refractivity contribution in [2.75, 3.05) is 43.5 Å². The molecule has 35 heavy (non-hydrogen) atoms. The Labute approximate surface area is 209 Å². The Balaban J connectivity index is 1.21. The first kappa shape index (κ1) is 23.2. The molecule has 0 saturated carbocycles. The topological polar surface area (TPSA) is 62.6 Å². The number of methoxy groups -OCH3 is 1. The Bertz CT molecular complexity index is 1360. The van der Waals surface area contributed by atoms with Gasteiger partial charge < -0.3 is 19.5 Å². The molecular weight excluding hydrogens is 462 g/mol. The van der Waals surface area contributed by atoms with Gasteiger partial charge in [-0.05, 0) is 42.5 Å². The number of piperazine rings is 1. The monoisotopic (exact) mass is 489 g/mol. The van der Waals surface area contributed by atoms with Crippen LogP contribution in [0.4, 0.5) is 11.4 Å². The van der Waals surface area contributed by atoms with Crippen molar-refractivity contribution in [2.45, 2.75) is 6.54 Å². The first-order valence-electron chi connectivity index (χ1n) is 11.6. The average Bonchev–Trinajstić information content (AvgIpc) is 3.20. The lowest BCUT2D eigenvalue weighted by Gasteiger charge is -2.36. The third kappa shape index (κ3) is 4.83. The number of ether oxygens (including phenoxy) is 1. The molecule has 1 N–H and O–H groups in total. The van der Waals surface area contributed by atoms with Crippen molar-refractivity contribution >= 4 is 39.9 Å². The number of nitrogens with one attached hydrogen (secondary N) is 1. The second-order valence-electron chi connectivity index (χ2n) is 8.66. The van der Waals surface area contributed by atoms with Gasteiger partial charge in [-0.15, -0.1) is 0 Å². The van der Waals surface area contributed by atoms with Gasteiger partial charge in [0, 0.05) is 38.9 Å². The number of rotatable bonds is 6. The number of imidazole rings is 1. The Morgan fingerprint density at radius 2 is 1.77 bits per heavy atom. The number of aryl methyl sites for hydroxylation is 1. The maximum absolute atomic E-state index is 12.7. The summed E-state index contributed by atoms with van der Waals surface area (Å²) in [5, 5.41) is 3.53. The van der Waals surface area contributed by atoms with Crippen molar-refractivity contribution in [3.63, 3.8) is 0 Å². The number of hydrogen-bond donors (Lipinski definition) is 1. The number of fused-ring (bicyclic) bond motifs is 1. The van der Waals surface area contributed by atoms with E-state index in [9.17, 15) is 4.79 Å². The number of amides is 1. The molecule has 7 nitrogen and oxygen atoms in total. The molecule has 1 aromatic heterocycles. The van der Waals surface area contributed by atoms with Crippen LogP contribution in [-0.2, 0) is 13.6 Å². The smallest absolute Gasteiger partial charge is 0.259 e. The van der Waals surface area contributed by atoms with Crippen LogP contribution in [0.2, 0.25) is 5.02 Å². The molecule has 3 aromatic carbocycles. The van der Waals surface area contributed by atoms with E-state index in [-0.39, 0.29) is 5.91 Å². The molecule has 0 radical (unpaired) electrons. The van der Waals surface area contributed by atoms with Crippen molar-refractivity contribution < 1.29 is 9.53 Å². The van der Waals surface area contributed by atoms with Gasteiger partial charge in [-0.2, -0.15) is 0 Å². The number of para-hydroxylation sites is 3. The zero-order chi connectivity index (χ0) is 24.4. The van der Waals surface area contributed by atoms with Crippen LogP contribution in [0.25, 0.3) is 11.0 Å². The maximum Gasteiger partial charge on any atom is 0.259 e. The molecule has 1 fully saturated rings. The molecule has 5 rings (SSSR count). The third-order valence-electron chi connectivity index (χ3n) is 6.51. The highest BCUT2D eigenvalue weighted by atomic mass is 35.5. The number of anilines is 2. The van der Waals surface area contributed by atoms with Crippen LogP contribution < -0.4 is 15.0 Å². The van der Waals surface area contributed by atoms with E-state index < -0.39 is 0 Å². The Kier molecular flexibility index (Phi) is 6.61. The normalized spacial score (nSPS) is 14.3. The number of benzene rings is 3. The van der Waals surface area contributed by atoms with E-state index in [1.165, 1.54) is 0 Å². The summed E-state index contributed by atoms with van der Waals surface area (Å²) < 4.78 is 7.47. The molecule has 8 heteroatoms. The highest BCUT2D eigenvalue weighted by Crippen LogP contribution is 2.30. The number of hydrogen-bond acceptors (Lipinski definition) is 5. The van der Waals surface area contributed by atoms with Crippen LogP contribution in [-0.4, -0.2) is 53.6 Å². The second kappa shape index (κ2) is 9.98. The van der Waals surface area contributed by atoms with Crippen molar-refractivity contribution in [2.24, 2.45) is 7.05 Å². The predicted molar refractivity (Wildman–Crippen MR) is 141 cm³/mol. The number of halogens is 1. The molecule has 1 aliphatic heterocycles. The lowest BCUT2D eigenvalue weighted by Crippen LogP contribution is -2.46. The molecule has 2 heterocycles. The molecule has 0 bridgehead atoms. The Morgan fingerprint density at radius 3 is 2.51 bits per heavy atom. The lowest BCUT2D eigenvalue weighted by molar-refractivity contribution is 0.102. The lowest BCUT2D eigenvalue weighted by atomic mass is 10.1. The summed E-state index contributed by atoms with van der Waals surface area (Å²) in [4.78, 5) is 22.2. The number of aromatic nitrogens is 2. The quantitative estimate of drug-likeness (QED) is 0.421. The SMILES string of the molecule is COc1ccccc1C(=O)Nc1ccc(N2CCN(Cc3nc4ccccc4n3C)CC2)c(Cl)c1. The molecule has 1 aliphatic rings. The highest BCUT2D eigenvalue weighted by Gasteiger charge is 2.21. The molecule has 1 saturated heterocycles. The molecule has 0 aliphatic carbocycles. The fourth-order valence-electron chi connectivity index (χ4n) is 4.56. The van der Waals surface area contributed by atoms with Gasteiger partial charge in [0.1, 0.15) is 11.6 Å². The standard InChI is InChI=1S/C27H28ClN5O2/c1-31-24-9-5-4-8-22(24)30-26(31)18-32-13-15-33(16-14-32)23-12-11-19(17-21(23)28)29-27(34)20-7-3-6-10-25(20)35-2/h3-12,17H,13-16,18H2,1-2H3,(H,29,34). The van der Waals surface area contributed by atoms with E-state index in [4.69, 9.17) is 21.3 Å². The predicted octanol–water partition coefficient (Wildman–Crippen LogP) is 4.81. The fraction of sp³-hybridized carbons (Fsp3) is 0.259. The van der Waals surface area contributed by atoms with Gasteiger partial charge in [0.2, 0.25) is 0 Å². The van der Waals surface area contributed by atoms with Crippen molar-refractivity contribution in [1.82, 2.24) is 14.5 Å². The zero-order valence-electron chi connectivity index (χ0n) is 19.9. The molecule has 4 aromatic rings. The third-order valence-corrected chi connectivity index (χ3v) is 6.82. The van der Waals surface area contributed by atoms with Gasteiger partial charge >= 0.3 is 0 Å². The van der Waals surface area contributed by atoms with Gasteiger partial charge in [0.15, 0.2) is 0 Å². The second-order valence-corrected chi connectivity index (χ2v) is 9.07. The van der Waals surface area contributed by atoms with E-state index in [2.05, 4.69) is 38.9 Å². The van der Waals surface area contributed by atoms with Crippen LogP contribution in [0.3, 0.4) is 0 Å². The van der Waals surface area contributed by atoms with Crippen molar-refractivity contribution in [1.29, 1.82) is 0 Å². The Hall–Kier alpha value is -3.55. The van der Waals surface area contributed by atoms with Crippen LogP contribution >= 0.6 is 11.6 Å². The number of nitrogens with zero attached hydrogens (tertiary/aromatic N) is 4. The summed E-state index contributed by atoms with van der Waals surface area (Å²) in [7, 11) is 3.63. The van der Waals surface area contributed by atoms with Gasteiger partial charge in [0.25, 0.3) is 5.91 Å². The zero-order valence-corrected chi connectivity index (χ0v) is 20.6. The van der Waals surface area contributed by atoms with E-state index in [1.54, 1.807) is 25.3 Å². The number of carbonyl (C=O) groups excluding carboxylic acids is 1. The van der Waals surface area contributed by atoms with Crippen LogP contribution in [0, 0.1) is 0 Å². The molecule has 0 spiro atoms. The summed E-state index contributed by atoms with van der Waals surface area (Å²) in [6.45, 7) is 4.41. The van der Waals surface area contributed by atoms with Crippen LogP contribution in [0.1, 0.15) is 16.2 Å². The average molecular weight is 490 g/mol. The van der Waals surface area contributed by atoms with Gasteiger partial charge in [-0.3, -0.25) is 9.69 Å². The minimum Gasteiger partial charge on any atom is -0.496 e. The van der Waals surface area contributed by atoms with Gasteiger partial charge in [-0.1, -0.05) is 35.9 Å². The van der Waals surface area contributed by atoms with Crippen LogP contribution in [0.15, 0.2) is 66.7 Å². The van der Waals surface area contributed by atoms with E-state index in [0.717, 1.165) is 55.3 Å². The molecular formula is C27H28ClN5O2. The molecule has 0 atom stereocenters. The largest absolute Gasteiger partial charge is 0.496 e.